The molecule has 5 rings (SSSR count). The summed E-state index contributed by atoms with van der Waals surface area (Å²) in [6.07, 6.45) is 6.08. The molecule has 2 aliphatic carbocycles. The Balaban J connectivity index is 1.36. The number of fused-ring (bicyclic) bond motifs is 5. The second-order valence-corrected chi connectivity index (χ2v) is 9.02. The molecule has 3 aliphatic rings. The number of hydrazone groups is 1. The number of allylic oxidation sites excluding steroid dienone is 2. The number of halogens is 1. The van der Waals surface area contributed by atoms with Crippen molar-refractivity contribution >= 4 is 35.3 Å². The van der Waals surface area contributed by atoms with E-state index in [9.17, 15) is 19.7 Å². The Labute approximate surface area is 194 Å². The molecule has 2 aromatic rings. The summed E-state index contributed by atoms with van der Waals surface area (Å²) in [5.41, 5.74) is 1.90. The number of nitrogens with zero attached hydrogens (tertiary/aromatic N) is 3. The Morgan fingerprint density at radius 1 is 1.15 bits per heavy atom. The van der Waals surface area contributed by atoms with Gasteiger partial charge in [0.2, 0.25) is 5.75 Å². The van der Waals surface area contributed by atoms with Gasteiger partial charge in [-0.2, -0.15) is 10.1 Å². The summed E-state index contributed by atoms with van der Waals surface area (Å²) >= 11 is 6.30. The van der Waals surface area contributed by atoms with Crippen LogP contribution >= 0.6 is 11.6 Å². The van der Waals surface area contributed by atoms with Gasteiger partial charge >= 0.3 is 5.69 Å². The fourth-order valence-corrected chi connectivity index (χ4v) is 5.19. The van der Waals surface area contributed by atoms with Crippen molar-refractivity contribution in [3.05, 3.63) is 80.4 Å². The Bertz CT molecular complexity index is 1190. The Hall–Kier alpha value is -3.52. The number of nitro benzene ring substituents is 1. The maximum Gasteiger partial charge on any atom is 0.313 e. The average molecular weight is 466 g/mol. The number of ether oxygens (including phenoxy) is 1. The van der Waals surface area contributed by atoms with Crippen molar-refractivity contribution < 1.29 is 19.2 Å². The Kier molecular flexibility index (Phi) is 5.25. The lowest BCUT2D eigenvalue weighted by atomic mass is 9.85. The van der Waals surface area contributed by atoms with Gasteiger partial charge in [-0.1, -0.05) is 53.6 Å². The van der Waals surface area contributed by atoms with E-state index in [1.165, 1.54) is 18.3 Å². The molecule has 8 nitrogen and oxygen atoms in total. The number of amides is 2. The molecule has 2 amide bonds. The molecule has 1 saturated heterocycles. The minimum absolute atomic E-state index is 0.0379. The highest BCUT2D eigenvalue weighted by Crippen LogP contribution is 2.52. The van der Waals surface area contributed by atoms with Crippen LogP contribution in [0.25, 0.3) is 0 Å². The zero-order valence-corrected chi connectivity index (χ0v) is 18.4. The lowest BCUT2D eigenvalue weighted by molar-refractivity contribution is -0.385. The number of hydrogen-bond acceptors (Lipinski definition) is 6. The number of nitro groups is 1. The van der Waals surface area contributed by atoms with Crippen LogP contribution in [0.4, 0.5) is 5.69 Å². The predicted molar refractivity (Wildman–Crippen MR) is 121 cm³/mol. The van der Waals surface area contributed by atoms with Crippen molar-refractivity contribution in [2.75, 3.05) is 0 Å². The average Bonchev–Trinajstić information content (AvgIpc) is 3.46. The first-order chi connectivity index (χ1) is 15.8. The number of rotatable bonds is 6. The molecule has 9 heteroatoms. The maximum atomic E-state index is 12.7. The fourth-order valence-electron chi connectivity index (χ4n) is 4.92. The first-order valence-electron chi connectivity index (χ1n) is 10.6. The zero-order chi connectivity index (χ0) is 23.3. The van der Waals surface area contributed by atoms with Crippen molar-refractivity contribution in [3.8, 4) is 5.75 Å². The molecule has 0 spiro atoms. The van der Waals surface area contributed by atoms with Gasteiger partial charge in [0.1, 0.15) is 6.61 Å². The molecular formula is C24H20ClN3O5. The molecule has 0 N–H and O–H groups in total. The number of aryl methyl sites for hydroxylation is 1. The van der Waals surface area contributed by atoms with Crippen LogP contribution in [0.2, 0.25) is 5.02 Å². The summed E-state index contributed by atoms with van der Waals surface area (Å²) in [5.74, 6) is -1.26. The van der Waals surface area contributed by atoms with E-state index in [0.717, 1.165) is 22.6 Å². The largest absolute Gasteiger partial charge is 0.481 e. The van der Waals surface area contributed by atoms with E-state index in [2.05, 4.69) is 5.10 Å². The molecule has 168 valence electrons. The summed E-state index contributed by atoms with van der Waals surface area (Å²) in [5, 5.41) is 16.7. The van der Waals surface area contributed by atoms with E-state index < -0.39 is 4.92 Å². The number of hydrogen-bond donors (Lipinski definition) is 0. The van der Waals surface area contributed by atoms with Gasteiger partial charge in [0.05, 0.1) is 28.0 Å². The van der Waals surface area contributed by atoms with Crippen molar-refractivity contribution in [1.82, 2.24) is 5.01 Å². The second kappa shape index (κ2) is 8.12. The van der Waals surface area contributed by atoms with Crippen LogP contribution in [0.3, 0.4) is 0 Å². The van der Waals surface area contributed by atoms with Crippen molar-refractivity contribution in [2.24, 2.45) is 28.8 Å². The van der Waals surface area contributed by atoms with Gasteiger partial charge < -0.3 is 4.74 Å². The van der Waals surface area contributed by atoms with Crippen molar-refractivity contribution in [1.29, 1.82) is 0 Å². The first-order valence-corrected chi connectivity index (χ1v) is 11.0. The second-order valence-electron chi connectivity index (χ2n) is 8.62. The lowest BCUT2D eigenvalue weighted by Crippen LogP contribution is -2.28. The molecule has 33 heavy (non-hydrogen) atoms. The monoisotopic (exact) mass is 465 g/mol. The molecule has 4 atom stereocenters. The van der Waals surface area contributed by atoms with Crippen LogP contribution in [-0.2, 0) is 16.2 Å². The molecule has 0 radical (unpaired) electrons. The standard InChI is InChI=1S/C24H20ClN3O5/c1-13-2-4-14(5-3-13)12-33-22-18(25)8-15(9-19(22)28(31)32)11-26-27-23(29)20-16-6-7-17(10-16)21(20)24(27)30/h2-9,11,16-17,20-21H,10,12H2,1H3. The van der Waals surface area contributed by atoms with Gasteiger partial charge in [-0.05, 0) is 36.8 Å². The summed E-state index contributed by atoms with van der Waals surface area (Å²) in [4.78, 5) is 36.6. The normalized spacial score (nSPS) is 25.3. The molecule has 0 aromatic heterocycles. The topological polar surface area (TPSA) is 102 Å². The summed E-state index contributed by atoms with van der Waals surface area (Å²) in [6, 6.07) is 10.3. The molecule has 1 aliphatic heterocycles. The molecule has 1 saturated carbocycles. The van der Waals surface area contributed by atoms with Gasteiger partial charge in [0.15, 0.2) is 0 Å². The highest BCUT2D eigenvalue weighted by Gasteiger charge is 2.59. The van der Waals surface area contributed by atoms with Crippen LogP contribution in [0.5, 0.6) is 5.75 Å². The van der Waals surface area contributed by atoms with E-state index in [1.54, 1.807) is 0 Å². The van der Waals surface area contributed by atoms with Crippen molar-refractivity contribution in [2.45, 2.75) is 20.0 Å². The van der Waals surface area contributed by atoms with E-state index in [0.29, 0.717) is 0 Å². The highest BCUT2D eigenvalue weighted by atomic mass is 35.5. The van der Waals surface area contributed by atoms with Gasteiger partial charge in [-0.25, -0.2) is 0 Å². The van der Waals surface area contributed by atoms with E-state index in [4.69, 9.17) is 16.3 Å². The van der Waals surface area contributed by atoms with Crippen molar-refractivity contribution in [3.63, 3.8) is 0 Å². The smallest absolute Gasteiger partial charge is 0.313 e. The zero-order valence-electron chi connectivity index (χ0n) is 17.7. The Morgan fingerprint density at radius 3 is 2.39 bits per heavy atom. The van der Waals surface area contributed by atoms with E-state index in [-0.39, 0.29) is 64.1 Å². The van der Waals surface area contributed by atoms with Crippen LogP contribution in [0.15, 0.2) is 53.7 Å². The summed E-state index contributed by atoms with van der Waals surface area (Å²) < 4.78 is 5.66. The molecule has 2 bridgehead atoms. The Morgan fingerprint density at radius 2 is 1.79 bits per heavy atom. The van der Waals surface area contributed by atoms with E-state index in [1.807, 2.05) is 43.3 Å². The fraction of sp³-hybridized carbons (Fsp3) is 0.292. The van der Waals surface area contributed by atoms with Gasteiger partial charge in [0.25, 0.3) is 11.8 Å². The molecule has 1 heterocycles. The van der Waals surface area contributed by atoms with Gasteiger partial charge in [-0.3, -0.25) is 19.7 Å². The minimum atomic E-state index is -0.590. The number of carbonyl (C=O) groups excluding carboxylic acids is 2. The molecule has 2 fully saturated rings. The third-order valence-corrected chi connectivity index (χ3v) is 6.80. The molecule has 2 aromatic carbocycles. The first kappa shape index (κ1) is 21.3. The highest BCUT2D eigenvalue weighted by molar-refractivity contribution is 6.32. The maximum absolute atomic E-state index is 12.7. The molecule has 4 unspecified atom stereocenters. The number of benzene rings is 2. The van der Waals surface area contributed by atoms with Gasteiger partial charge in [-0.15, -0.1) is 0 Å². The van der Waals surface area contributed by atoms with Crippen LogP contribution in [0.1, 0.15) is 23.1 Å². The van der Waals surface area contributed by atoms with E-state index >= 15 is 0 Å². The minimum Gasteiger partial charge on any atom is -0.481 e. The number of imide groups is 1. The summed E-state index contributed by atoms with van der Waals surface area (Å²) in [6.45, 7) is 2.08. The lowest BCUT2D eigenvalue weighted by Gasteiger charge is -2.13. The predicted octanol–water partition coefficient (Wildman–Crippen LogP) is 4.28. The van der Waals surface area contributed by atoms with Crippen LogP contribution in [0, 0.1) is 40.7 Å². The quantitative estimate of drug-likeness (QED) is 0.208. The van der Waals surface area contributed by atoms with Crippen LogP contribution < -0.4 is 4.74 Å². The SMILES string of the molecule is Cc1ccc(COc2c(Cl)cc(C=NN3C(=O)C4C5C=CC(C5)C4C3=O)cc2[N+](=O)[O-])cc1. The van der Waals surface area contributed by atoms with Gasteiger partial charge in [0, 0.05) is 11.6 Å². The van der Waals surface area contributed by atoms with Crippen LogP contribution in [-0.4, -0.2) is 28.0 Å². The third kappa shape index (κ3) is 3.70. The summed E-state index contributed by atoms with van der Waals surface area (Å²) in [7, 11) is 0. The third-order valence-electron chi connectivity index (χ3n) is 6.52. The number of carbonyl (C=O) groups is 2. The molecular weight excluding hydrogens is 446 g/mol.